The van der Waals surface area contributed by atoms with Gasteiger partial charge in [0.2, 0.25) is 0 Å². The number of nitrogens with one attached hydrogen (secondary N) is 1. The molecule has 0 saturated heterocycles. The van der Waals surface area contributed by atoms with Crippen molar-refractivity contribution in [2.45, 2.75) is 39.0 Å². The second-order valence-electron chi connectivity index (χ2n) is 5.12. The summed E-state index contributed by atoms with van der Waals surface area (Å²) < 4.78 is 0.978. The normalized spacial score (nSPS) is 15.4. The monoisotopic (exact) mass is 305 g/mol. The molecule has 0 spiro atoms. The quantitative estimate of drug-likeness (QED) is 0.736. The maximum atomic E-state index is 12.6. The molecule has 0 saturated carbocycles. The van der Waals surface area contributed by atoms with Crippen LogP contribution in [-0.4, -0.2) is 4.98 Å². The molecule has 0 radical (unpaired) electrons. The van der Waals surface area contributed by atoms with Crippen molar-refractivity contribution in [3.63, 3.8) is 0 Å². The van der Waals surface area contributed by atoms with Gasteiger partial charge in [0, 0.05) is 21.1 Å². The van der Waals surface area contributed by atoms with E-state index in [1.807, 2.05) is 13.0 Å². The van der Waals surface area contributed by atoms with Crippen LogP contribution < -0.4 is 5.43 Å². The number of aryl methyl sites for hydroxylation is 2. The molecule has 0 amide bonds. The van der Waals surface area contributed by atoms with Gasteiger partial charge in [-0.2, -0.15) is 0 Å². The van der Waals surface area contributed by atoms with Crippen molar-refractivity contribution in [2.24, 2.45) is 0 Å². The van der Waals surface area contributed by atoms with Crippen LogP contribution in [0.25, 0.3) is 10.9 Å². The number of H-pyrrole nitrogens is 1. The van der Waals surface area contributed by atoms with E-state index in [4.69, 9.17) is 0 Å². The third-order valence-electron chi connectivity index (χ3n) is 3.81. The first kappa shape index (κ1) is 12.0. The van der Waals surface area contributed by atoms with Crippen LogP contribution in [0, 0.1) is 6.92 Å². The SMILES string of the molecule is Cc1cc(Br)cc2c(=O)c3c([nH]c12)CCCCC3. The molecule has 3 heteroatoms. The van der Waals surface area contributed by atoms with Gasteiger partial charge in [0.15, 0.2) is 5.43 Å². The predicted octanol–water partition coefficient (Wildman–Crippen LogP) is 3.87. The van der Waals surface area contributed by atoms with Gasteiger partial charge in [-0.25, -0.2) is 0 Å². The third-order valence-corrected chi connectivity index (χ3v) is 4.27. The van der Waals surface area contributed by atoms with E-state index in [1.165, 1.54) is 12.8 Å². The van der Waals surface area contributed by atoms with E-state index < -0.39 is 0 Å². The Morgan fingerprint density at radius 1 is 1.17 bits per heavy atom. The molecule has 0 unspecified atom stereocenters. The summed E-state index contributed by atoms with van der Waals surface area (Å²) >= 11 is 3.48. The number of hydrogen-bond acceptors (Lipinski definition) is 1. The Bertz CT molecular complexity index is 672. The summed E-state index contributed by atoms with van der Waals surface area (Å²) in [5.41, 5.74) is 4.53. The topological polar surface area (TPSA) is 32.9 Å². The maximum absolute atomic E-state index is 12.6. The molecule has 1 aliphatic carbocycles. The molecular weight excluding hydrogens is 290 g/mol. The number of halogens is 1. The zero-order valence-electron chi connectivity index (χ0n) is 10.5. The lowest BCUT2D eigenvalue weighted by Gasteiger charge is -2.10. The molecule has 2 aromatic rings. The minimum absolute atomic E-state index is 0.227. The molecule has 3 rings (SSSR count). The summed E-state index contributed by atoms with van der Waals surface area (Å²) in [7, 11) is 0. The van der Waals surface area contributed by atoms with Gasteiger partial charge in [-0.15, -0.1) is 0 Å². The van der Waals surface area contributed by atoms with Gasteiger partial charge in [-0.3, -0.25) is 4.79 Å². The van der Waals surface area contributed by atoms with Gasteiger partial charge >= 0.3 is 0 Å². The Hall–Kier alpha value is -1.09. The van der Waals surface area contributed by atoms with Crippen LogP contribution in [0.3, 0.4) is 0 Å². The molecule has 0 atom stereocenters. The average molecular weight is 306 g/mol. The zero-order chi connectivity index (χ0) is 12.7. The van der Waals surface area contributed by atoms with Gasteiger partial charge in [0.25, 0.3) is 0 Å². The minimum Gasteiger partial charge on any atom is -0.358 e. The largest absolute Gasteiger partial charge is 0.358 e. The van der Waals surface area contributed by atoms with E-state index in [0.717, 1.165) is 51.5 Å². The van der Waals surface area contributed by atoms with Crippen LogP contribution in [-0.2, 0) is 12.8 Å². The summed E-state index contributed by atoms with van der Waals surface area (Å²) in [5, 5.41) is 0.822. The van der Waals surface area contributed by atoms with Crippen molar-refractivity contribution in [1.82, 2.24) is 4.98 Å². The number of benzene rings is 1. The van der Waals surface area contributed by atoms with Crippen LogP contribution >= 0.6 is 15.9 Å². The summed E-state index contributed by atoms with van der Waals surface area (Å²) in [6.45, 7) is 2.05. The van der Waals surface area contributed by atoms with E-state index in [2.05, 4.69) is 27.0 Å². The van der Waals surface area contributed by atoms with Crippen molar-refractivity contribution in [1.29, 1.82) is 0 Å². The van der Waals surface area contributed by atoms with E-state index in [1.54, 1.807) is 0 Å². The second kappa shape index (κ2) is 4.54. The summed E-state index contributed by atoms with van der Waals surface area (Å²) in [6, 6.07) is 3.99. The predicted molar refractivity (Wildman–Crippen MR) is 78.3 cm³/mol. The highest BCUT2D eigenvalue weighted by molar-refractivity contribution is 9.10. The molecule has 0 bridgehead atoms. The second-order valence-corrected chi connectivity index (χ2v) is 6.03. The lowest BCUT2D eigenvalue weighted by atomic mass is 10.0. The molecular formula is C15H16BrNO. The fourth-order valence-corrected chi connectivity index (χ4v) is 3.44. The molecule has 94 valence electrons. The molecule has 1 aromatic heterocycles. The van der Waals surface area contributed by atoms with E-state index in [-0.39, 0.29) is 5.43 Å². The first-order valence-electron chi connectivity index (χ1n) is 6.50. The molecule has 2 nitrogen and oxygen atoms in total. The molecule has 0 fully saturated rings. The van der Waals surface area contributed by atoms with Gasteiger partial charge in [-0.1, -0.05) is 22.4 Å². The third kappa shape index (κ3) is 1.91. The summed E-state index contributed by atoms with van der Waals surface area (Å²) in [4.78, 5) is 16.1. The van der Waals surface area contributed by atoms with Crippen molar-refractivity contribution < 1.29 is 0 Å². The van der Waals surface area contributed by atoms with E-state index in [0.29, 0.717) is 0 Å². The van der Waals surface area contributed by atoms with Crippen LogP contribution in [0.15, 0.2) is 21.4 Å². The van der Waals surface area contributed by atoms with Crippen molar-refractivity contribution in [2.75, 3.05) is 0 Å². The van der Waals surface area contributed by atoms with Crippen molar-refractivity contribution >= 4 is 26.8 Å². The number of pyridine rings is 1. The summed E-state index contributed by atoms with van der Waals surface area (Å²) in [5.74, 6) is 0. The fraction of sp³-hybridized carbons (Fsp3) is 0.400. The fourth-order valence-electron chi connectivity index (χ4n) is 2.87. The zero-order valence-corrected chi connectivity index (χ0v) is 12.1. The van der Waals surface area contributed by atoms with Crippen molar-refractivity contribution in [3.8, 4) is 0 Å². The number of rotatable bonds is 0. The minimum atomic E-state index is 0.227. The Labute approximate surface area is 115 Å². The van der Waals surface area contributed by atoms with Crippen LogP contribution in [0.2, 0.25) is 0 Å². The lowest BCUT2D eigenvalue weighted by Crippen LogP contribution is -2.14. The Balaban J connectivity index is 2.38. The van der Waals surface area contributed by atoms with E-state index in [9.17, 15) is 4.79 Å². The van der Waals surface area contributed by atoms with Gasteiger partial charge < -0.3 is 4.98 Å². The molecule has 1 heterocycles. The number of fused-ring (bicyclic) bond motifs is 2. The number of aromatic amines is 1. The Morgan fingerprint density at radius 2 is 1.94 bits per heavy atom. The average Bonchev–Trinajstić information content (AvgIpc) is 2.56. The van der Waals surface area contributed by atoms with Crippen LogP contribution in [0.4, 0.5) is 0 Å². The summed E-state index contributed by atoms with van der Waals surface area (Å²) in [6.07, 6.45) is 5.47. The lowest BCUT2D eigenvalue weighted by molar-refractivity contribution is 0.708. The molecule has 18 heavy (non-hydrogen) atoms. The van der Waals surface area contributed by atoms with E-state index >= 15 is 0 Å². The molecule has 1 aromatic carbocycles. The highest BCUT2D eigenvalue weighted by atomic mass is 79.9. The molecule has 0 aliphatic heterocycles. The van der Waals surface area contributed by atoms with Crippen molar-refractivity contribution in [3.05, 3.63) is 43.6 Å². The van der Waals surface area contributed by atoms with Crippen LogP contribution in [0.1, 0.15) is 36.1 Å². The highest BCUT2D eigenvalue weighted by Crippen LogP contribution is 2.24. The van der Waals surface area contributed by atoms with Gasteiger partial charge in [0.05, 0.1) is 5.52 Å². The Morgan fingerprint density at radius 3 is 2.78 bits per heavy atom. The highest BCUT2D eigenvalue weighted by Gasteiger charge is 2.15. The first-order valence-corrected chi connectivity index (χ1v) is 7.30. The van der Waals surface area contributed by atoms with Gasteiger partial charge in [-0.05, 0) is 50.3 Å². The van der Waals surface area contributed by atoms with Gasteiger partial charge in [0.1, 0.15) is 0 Å². The number of aromatic nitrogens is 1. The molecule has 1 aliphatic rings. The smallest absolute Gasteiger partial charge is 0.192 e. The Kier molecular flexibility index (Phi) is 3.02. The molecule has 1 N–H and O–H groups in total. The standard InChI is InChI=1S/C15H16BrNO/c1-9-7-10(16)8-12-14(9)17-13-6-4-2-3-5-11(13)15(12)18/h7-8H,2-6H2,1H3,(H,17,18). The first-order chi connectivity index (χ1) is 8.66. The van der Waals surface area contributed by atoms with Crippen LogP contribution in [0.5, 0.6) is 0 Å². The number of hydrogen-bond donors (Lipinski definition) is 1. The maximum Gasteiger partial charge on any atom is 0.192 e.